The molecule has 0 spiro atoms. The van der Waals surface area contributed by atoms with Crippen LogP contribution in [0.5, 0.6) is 0 Å². The molecule has 7 nitrogen and oxygen atoms in total. The Morgan fingerprint density at radius 2 is 1.92 bits per heavy atom. The lowest BCUT2D eigenvalue weighted by atomic mass is 9.97. The topological polar surface area (TPSA) is 99.0 Å². The van der Waals surface area contributed by atoms with Crippen molar-refractivity contribution in [3.05, 3.63) is 46.8 Å². The standard InChI is InChI=1S/C17H18BrN5O2S/c18-14-3-1-2-4-16(14)26(24,25)22-12-13-5-9-23(10-6-13)17-15(11-19)20-7-8-21-17/h1-4,7-8,13,22H,5-6,9-10,12H2. The molecule has 2 heterocycles. The molecule has 136 valence electrons. The van der Waals surface area contributed by atoms with Gasteiger partial charge in [0.25, 0.3) is 0 Å². The highest BCUT2D eigenvalue weighted by Gasteiger charge is 2.24. The van der Waals surface area contributed by atoms with Crippen LogP contribution in [0.25, 0.3) is 0 Å². The van der Waals surface area contributed by atoms with E-state index in [2.05, 4.69) is 36.7 Å². The van der Waals surface area contributed by atoms with Gasteiger partial charge in [0.2, 0.25) is 10.0 Å². The SMILES string of the molecule is N#Cc1nccnc1N1CCC(CNS(=O)(=O)c2ccccc2Br)CC1. The first-order valence-electron chi connectivity index (χ1n) is 8.21. The molecule has 1 aliphatic rings. The van der Waals surface area contributed by atoms with Crippen molar-refractivity contribution >= 4 is 31.8 Å². The molecule has 0 amide bonds. The summed E-state index contributed by atoms with van der Waals surface area (Å²) in [5.74, 6) is 0.841. The predicted molar refractivity (Wildman–Crippen MR) is 101 cm³/mol. The van der Waals surface area contributed by atoms with Gasteiger partial charge in [0, 0.05) is 36.5 Å². The maximum Gasteiger partial charge on any atom is 0.241 e. The van der Waals surface area contributed by atoms with Crippen LogP contribution in [0.2, 0.25) is 0 Å². The smallest absolute Gasteiger partial charge is 0.241 e. The third-order valence-corrected chi connectivity index (χ3v) is 6.82. The lowest BCUT2D eigenvalue weighted by Gasteiger charge is -2.32. The van der Waals surface area contributed by atoms with E-state index >= 15 is 0 Å². The molecule has 1 fully saturated rings. The number of hydrogen-bond donors (Lipinski definition) is 1. The molecule has 1 saturated heterocycles. The van der Waals surface area contributed by atoms with E-state index < -0.39 is 10.0 Å². The van der Waals surface area contributed by atoms with Gasteiger partial charge in [-0.1, -0.05) is 12.1 Å². The summed E-state index contributed by atoms with van der Waals surface area (Å²) in [5, 5.41) is 9.15. The Kier molecular flexibility index (Phi) is 5.86. The van der Waals surface area contributed by atoms with Gasteiger partial charge in [-0.2, -0.15) is 5.26 Å². The molecular formula is C17H18BrN5O2S. The Hall–Kier alpha value is -2.02. The summed E-state index contributed by atoms with van der Waals surface area (Å²) in [6.07, 6.45) is 4.72. The Balaban J connectivity index is 1.58. The summed E-state index contributed by atoms with van der Waals surface area (Å²) < 4.78 is 28.2. The highest BCUT2D eigenvalue weighted by molar-refractivity contribution is 9.10. The van der Waals surface area contributed by atoms with Crippen molar-refractivity contribution in [1.82, 2.24) is 14.7 Å². The fourth-order valence-electron chi connectivity index (χ4n) is 2.96. The number of aromatic nitrogens is 2. The zero-order valence-corrected chi connectivity index (χ0v) is 16.4. The summed E-state index contributed by atoms with van der Waals surface area (Å²) in [4.78, 5) is 10.6. The van der Waals surface area contributed by atoms with Gasteiger partial charge in [-0.3, -0.25) is 0 Å². The van der Waals surface area contributed by atoms with Gasteiger partial charge in [0.15, 0.2) is 11.5 Å². The number of hydrogen-bond acceptors (Lipinski definition) is 6. The van der Waals surface area contributed by atoms with Crippen LogP contribution in [0.3, 0.4) is 0 Å². The highest BCUT2D eigenvalue weighted by Crippen LogP contribution is 2.24. The molecule has 9 heteroatoms. The zero-order valence-electron chi connectivity index (χ0n) is 14.0. The van der Waals surface area contributed by atoms with Gasteiger partial charge in [0.05, 0.1) is 4.90 Å². The largest absolute Gasteiger partial charge is 0.354 e. The monoisotopic (exact) mass is 435 g/mol. The second kappa shape index (κ2) is 8.12. The van der Waals surface area contributed by atoms with Crippen LogP contribution in [0.1, 0.15) is 18.5 Å². The average molecular weight is 436 g/mol. The number of halogens is 1. The highest BCUT2D eigenvalue weighted by atomic mass is 79.9. The molecule has 0 atom stereocenters. The van der Waals surface area contributed by atoms with Crippen LogP contribution >= 0.6 is 15.9 Å². The van der Waals surface area contributed by atoms with E-state index in [0.29, 0.717) is 22.5 Å². The third kappa shape index (κ3) is 4.20. The van der Waals surface area contributed by atoms with E-state index in [9.17, 15) is 8.42 Å². The molecule has 0 radical (unpaired) electrons. The second-order valence-electron chi connectivity index (χ2n) is 6.05. The fraction of sp³-hybridized carbons (Fsp3) is 0.353. The van der Waals surface area contributed by atoms with Gasteiger partial charge < -0.3 is 4.90 Å². The van der Waals surface area contributed by atoms with E-state index in [1.54, 1.807) is 30.5 Å². The molecule has 1 aromatic heterocycles. The fourth-order valence-corrected chi connectivity index (χ4v) is 5.08. The van der Waals surface area contributed by atoms with Crippen molar-refractivity contribution in [3.63, 3.8) is 0 Å². The Labute approximate surface area is 161 Å². The van der Waals surface area contributed by atoms with Crippen molar-refractivity contribution in [2.75, 3.05) is 24.5 Å². The van der Waals surface area contributed by atoms with Crippen molar-refractivity contribution in [2.24, 2.45) is 5.92 Å². The number of nitrogens with one attached hydrogen (secondary N) is 1. The number of rotatable bonds is 5. The quantitative estimate of drug-likeness (QED) is 0.773. The molecule has 1 aliphatic heterocycles. The molecular weight excluding hydrogens is 418 g/mol. The Morgan fingerprint density at radius 3 is 2.62 bits per heavy atom. The van der Waals surface area contributed by atoms with Gasteiger partial charge in [0.1, 0.15) is 6.07 Å². The molecule has 0 aliphatic carbocycles. The van der Waals surface area contributed by atoms with Crippen LogP contribution in [0.15, 0.2) is 46.0 Å². The summed E-state index contributed by atoms with van der Waals surface area (Å²) in [6, 6.07) is 8.82. The Morgan fingerprint density at radius 1 is 1.23 bits per heavy atom. The van der Waals surface area contributed by atoms with E-state index in [1.165, 1.54) is 6.20 Å². The molecule has 0 unspecified atom stereocenters. The maximum atomic E-state index is 12.5. The molecule has 26 heavy (non-hydrogen) atoms. The molecule has 0 saturated carbocycles. The van der Waals surface area contributed by atoms with Gasteiger partial charge in [-0.25, -0.2) is 23.1 Å². The number of piperidine rings is 1. The Bertz CT molecular complexity index is 921. The van der Waals surface area contributed by atoms with Crippen molar-refractivity contribution in [1.29, 1.82) is 5.26 Å². The zero-order chi connectivity index (χ0) is 18.6. The van der Waals surface area contributed by atoms with Gasteiger partial charge in [-0.15, -0.1) is 0 Å². The minimum Gasteiger partial charge on any atom is -0.354 e. The maximum absolute atomic E-state index is 12.5. The summed E-state index contributed by atoms with van der Waals surface area (Å²) in [6.45, 7) is 1.83. The number of benzene rings is 1. The van der Waals surface area contributed by atoms with Crippen LogP contribution in [-0.4, -0.2) is 38.0 Å². The van der Waals surface area contributed by atoms with E-state index in [-0.39, 0.29) is 10.8 Å². The van der Waals surface area contributed by atoms with Crippen molar-refractivity contribution < 1.29 is 8.42 Å². The second-order valence-corrected chi connectivity index (χ2v) is 8.64. The van der Waals surface area contributed by atoms with E-state index in [1.807, 2.05) is 4.90 Å². The molecule has 1 N–H and O–H groups in total. The van der Waals surface area contributed by atoms with Gasteiger partial charge in [-0.05, 0) is 46.8 Å². The normalized spacial score (nSPS) is 15.6. The lowest BCUT2D eigenvalue weighted by Crippen LogP contribution is -2.39. The van der Waals surface area contributed by atoms with Gasteiger partial charge >= 0.3 is 0 Å². The van der Waals surface area contributed by atoms with E-state index in [4.69, 9.17) is 5.26 Å². The van der Waals surface area contributed by atoms with Crippen LogP contribution in [-0.2, 0) is 10.0 Å². The molecule has 2 aromatic rings. The van der Waals surface area contributed by atoms with Crippen LogP contribution in [0.4, 0.5) is 5.82 Å². The van der Waals surface area contributed by atoms with Crippen LogP contribution in [0, 0.1) is 17.2 Å². The minimum absolute atomic E-state index is 0.241. The summed E-state index contributed by atoms with van der Waals surface area (Å²) in [7, 11) is -3.54. The first kappa shape index (κ1) is 18.8. The number of nitrogens with zero attached hydrogens (tertiary/aromatic N) is 4. The first-order chi connectivity index (χ1) is 12.5. The average Bonchev–Trinajstić information content (AvgIpc) is 2.67. The van der Waals surface area contributed by atoms with Crippen molar-refractivity contribution in [3.8, 4) is 6.07 Å². The lowest BCUT2D eigenvalue weighted by molar-refractivity contribution is 0.400. The predicted octanol–water partition coefficient (Wildman–Crippen LogP) is 2.31. The van der Waals surface area contributed by atoms with E-state index in [0.717, 1.165) is 25.9 Å². The number of sulfonamides is 1. The third-order valence-electron chi connectivity index (χ3n) is 4.39. The first-order valence-corrected chi connectivity index (χ1v) is 10.5. The van der Waals surface area contributed by atoms with Crippen molar-refractivity contribution in [2.45, 2.75) is 17.7 Å². The number of nitriles is 1. The summed E-state index contributed by atoms with van der Waals surface area (Å²) >= 11 is 3.28. The minimum atomic E-state index is -3.54. The van der Waals surface area contributed by atoms with Crippen LogP contribution < -0.4 is 9.62 Å². The number of anilines is 1. The molecule has 0 bridgehead atoms. The molecule has 1 aromatic carbocycles. The molecule has 3 rings (SSSR count). The summed E-state index contributed by atoms with van der Waals surface area (Å²) in [5.41, 5.74) is 0.320.